The van der Waals surface area contributed by atoms with Gasteiger partial charge in [-0.05, 0) is 49.7 Å². The maximum absolute atomic E-state index is 14.4. The molecule has 3 N–H and O–H groups in total. The number of hydrogen-bond donors (Lipinski definition) is 2. The molecule has 0 aliphatic rings. The van der Waals surface area contributed by atoms with Crippen LogP contribution in [0.15, 0.2) is 54.6 Å². The van der Waals surface area contributed by atoms with Gasteiger partial charge in [0.05, 0.1) is 32.3 Å². The Kier molecular flexibility index (Phi) is 5.93. The molecular formula is C24H18ClFN4O2S. The second kappa shape index (κ2) is 8.70. The molecule has 0 atom stereocenters. The zero-order valence-corrected chi connectivity index (χ0v) is 19.2. The maximum Gasteiger partial charge on any atom is 0.257 e. The van der Waals surface area contributed by atoms with E-state index in [-0.39, 0.29) is 16.3 Å². The SMILES string of the molecule is CC(C)(C#N)c1cccc(C(=O)Nc2ccc(F)c(Oc3ccc4nc(N)sc4c3)c2)c1Cl. The Hall–Kier alpha value is -3.67. The minimum absolute atomic E-state index is 0.0601. The monoisotopic (exact) mass is 480 g/mol. The Morgan fingerprint density at radius 1 is 1.24 bits per heavy atom. The number of rotatable bonds is 5. The lowest BCUT2D eigenvalue weighted by Gasteiger charge is -2.19. The Labute approximate surface area is 198 Å². The van der Waals surface area contributed by atoms with E-state index in [9.17, 15) is 14.4 Å². The third kappa shape index (κ3) is 4.60. The summed E-state index contributed by atoms with van der Waals surface area (Å²) in [5.41, 5.74) is 6.65. The number of nitrogen functional groups attached to an aromatic ring is 1. The van der Waals surface area contributed by atoms with Crippen molar-refractivity contribution in [3.8, 4) is 17.6 Å². The lowest BCUT2D eigenvalue weighted by Crippen LogP contribution is -2.18. The molecule has 0 bridgehead atoms. The summed E-state index contributed by atoms with van der Waals surface area (Å²) in [6.45, 7) is 3.44. The minimum Gasteiger partial charge on any atom is -0.454 e. The fourth-order valence-corrected chi connectivity index (χ4v) is 4.43. The van der Waals surface area contributed by atoms with Crippen molar-refractivity contribution in [1.29, 1.82) is 5.26 Å². The molecule has 0 spiro atoms. The van der Waals surface area contributed by atoms with Crippen molar-refractivity contribution in [1.82, 2.24) is 4.98 Å². The van der Waals surface area contributed by atoms with E-state index in [0.717, 1.165) is 10.2 Å². The van der Waals surface area contributed by atoms with Crippen LogP contribution in [0.4, 0.5) is 15.2 Å². The number of nitrogens with one attached hydrogen (secondary N) is 1. The summed E-state index contributed by atoms with van der Waals surface area (Å²) in [4.78, 5) is 17.1. The smallest absolute Gasteiger partial charge is 0.257 e. The van der Waals surface area contributed by atoms with E-state index in [2.05, 4.69) is 16.4 Å². The van der Waals surface area contributed by atoms with Gasteiger partial charge in [-0.3, -0.25) is 4.79 Å². The molecule has 1 heterocycles. The number of benzene rings is 3. The highest BCUT2D eigenvalue weighted by Crippen LogP contribution is 2.34. The van der Waals surface area contributed by atoms with Gasteiger partial charge in [-0.25, -0.2) is 9.37 Å². The lowest BCUT2D eigenvalue weighted by atomic mass is 9.85. The van der Waals surface area contributed by atoms with E-state index in [1.165, 1.54) is 29.5 Å². The highest BCUT2D eigenvalue weighted by molar-refractivity contribution is 7.22. The fraction of sp³-hybridized carbons (Fsp3) is 0.125. The Morgan fingerprint density at radius 3 is 2.79 bits per heavy atom. The Morgan fingerprint density at radius 2 is 2.03 bits per heavy atom. The van der Waals surface area contributed by atoms with Gasteiger partial charge in [0, 0.05) is 17.8 Å². The molecule has 9 heteroatoms. The van der Waals surface area contributed by atoms with Crippen molar-refractivity contribution in [3.05, 3.63) is 76.6 Å². The average molecular weight is 481 g/mol. The molecule has 0 aliphatic carbocycles. The van der Waals surface area contributed by atoms with E-state index in [0.29, 0.717) is 22.1 Å². The summed E-state index contributed by atoms with van der Waals surface area (Å²) >= 11 is 7.74. The third-order valence-electron chi connectivity index (χ3n) is 4.99. The zero-order chi connectivity index (χ0) is 23.8. The van der Waals surface area contributed by atoms with Gasteiger partial charge in [-0.15, -0.1) is 0 Å². The Bertz CT molecular complexity index is 1430. The minimum atomic E-state index is -0.867. The second-order valence-electron chi connectivity index (χ2n) is 7.79. The third-order valence-corrected chi connectivity index (χ3v) is 6.24. The number of aromatic nitrogens is 1. The lowest BCUT2D eigenvalue weighted by molar-refractivity contribution is 0.102. The molecule has 4 aromatic rings. The number of carbonyl (C=O) groups is 1. The average Bonchev–Trinajstić information content (AvgIpc) is 3.15. The number of nitrogens with two attached hydrogens (primary N) is 1. The van der Waals surface area contributed by atoms with Crippen LogP contribution in [0.5, 0.6) is 11.5 Å². The van der Waals surface area contributed by atoms with Crippen LogP contribution in [0, 0.1) is 17.1 Å². The number of ether oxygens (including phenoxy) is 1. The van der Waals surface area contributed by atoms with Crippen molar-refractivity contribution in [2.24, 2.45) is 0 Å². The van der Waals surface area contributed by atoms with Crippen LogP contribution < -0.4 is 15.8 Å². The molecular weight excluding hydrogens is 463 g/mol. The van der Waals surface area contributed by atoms with Gasteiger partial charge in [0.2, 0.25) is 0 Å². The standard InChI is InChI=1S/C24H18ClFN4O2S/c1-24(2,12-27)16-5-3-4-15(21(16)25)22(31)29-13-6-8-17(26)19(10-13)32-14-7-9-18-20(11-14)33-23(28)30-18/h3-11H,1-2H3,(H2,28,30)(H,29,31). The second-order valence-corrected chi connectivity index (χ2v) is 9.23. The van der Waals surface area contributed by atoms with Crippen molar-refractivity contribution < 1.29 is 13.9 Å². The summed E-state index contributed by atoms with van der Waals surface area (Å²) in [7, 11) is 0. The van der Waals surface area contributed by atoms with Gasteiger partial charge < -0.3 is 15.8 Å². The first-order valence-electron chi connectivity index (χ1n) is 9.83. The van der Waals surface area contributed by atoms with Crippen LogP contribution in [0.25, 0.3) is 10.2 Å². The normalized spacial score (nSPS) is 11.2. The molecule has 3 aromatic carbocycles. The molecule has 0 fully saturated rings. The molecule has 1 aromatic heterocycles. The number of anilines is 2. The van der Waals surface area contributed by atoms with Gasteiger partial charge in [-0.2, -0.15) is 5.26 Å². The van der Waals surface area contributed by atoms with Crippen molar-refractivity contribution in [2.45, 2.75) is 19.3 Å². The summed E-state index contributed by atoms with van der Waals surface area (Å²) in [5.74, 6) is -0.736. The van der Waals surface area contributed by atoms with Gasteiger partial charge in [0.25, 0.3) is 5.91 Å². The zero-order valence-electron chi connectivity index (χ0n) is 17.6. The van der Waals surface area contributed by atoms with E-state index in [1.807, 2.05) is 0 Å². The molecule has 0 saturated heterocycles. The van der Waals surface area contributed by atoms with Gasteiger partial charge in [-0.1, -0.05) is 35.1 Å². The number of amides is 1. The molecule has 0 saturated carbocycles. The number of nitrogens with zero attached hydrogens (tertiary/aromatic N) is 2. The number of carbonyl (C=O) groups excluding carboxylic acids is 1. The first-order valence-corrected chi connectivity index (χ1v) is 11.0. The maximum atomic E-state index is 14.4. The number of halogens is 2. The largest absolute Gasteiger partial charge is 0.454 e. The predicted molar refractivity (Wildman–Crippen MR) is 129 cm³/mol. The molecule has 166 valence electrons. The summed E-state index contributed by atoms with van der Waals surface area (Å²) in [6.07, 6.45) is 0. The molecule has 4 rings (SSSR count). The number of hydrogen-bond acceptors (Lipinski definition) is 6. The van der Waals surface area contributed by atoms with Crippen LogP contribution in [-0.4, -0.2) is 10.9 Å². The molecule has 0 aliphatic heterocycles. The van der Waals surface area contributed by atoms with Crippen LogP contribution in [0.2, 0.25) is 5.02 Å². The molecule has 1 amide bonds. The van der Waals surface area contributed by atoms with Crippen molar-refractivity contribution in [3.63, 3.8) is 0 Å². The number of thiazole rings is 1. The summed E-state index contributed by atoms with van der Waals surface area (Å²) in [5, 5.41) is 12.7. The van der Waals surface area contributed by atoms with Crippen molar-refractivity contribution >= 4 is 49.9 Å². The quantitative estimate of drug-likeness (QED) is 0.338. The fourth-order valence-electron chi connectivity index (χ4n) is 3.22. The Balaban J connectivity index is 1.58. The van der Waals surface area contributed by atoms with Crippen molar-refractivity contribution in [2.75, 3.05) is 11.1 Å². The first-order chi connectivity index (χ1) is 15.7. The highest BCUT2D eigenvalue weighted by Gasteiger charge is 2.25. The van der Waals surface area contributed by atoms with E-state index < -0.39 is 17.1 Å². The number of nitriles is 1. The topological polar surface area (TPSA) is 101 Å². The highest BCUT2D eigenvalue weighted by atomic mass is 35.5. The van der Waals surface area contributed by atoms with Crippen LogP contribution in [-0.2, 0) is 5.41 Å². The molecule has 0 radical (unpaired) electrons. The van der Waals surface area contributed by atoms with Crippen LogP contribution in [0.1, 0.15) is 29.8 Å². The number of fused-ring (bicyclic) bond motifs is 1. The summed E-state index contributed by atoms with van der Waals surface area (Å²) < 4.78 is 20.9. The molecule has 33 heavy (non-hydrogen) atoms. The van der Waals surface area contributed by atoms with Gasteiger partial charge in [0.1, 0.15) is 5.75 Å². The molecule has 6 nitrogen and oxygen atoms in total. The van der Waals surface area contributed by atoms with Crippen LogP contribution in [0.3, 0.4) is 0 Å². The van der Waals surface area contributed by atoms with E-state index in [1.54, 1.807) is 50.2 Å². The van der Waals surface area contributed by atoms with Gasteiger partial charge >= 0.3 is 0 Å². The van der Waals surface area contributed by atoms with E-state index >= 15 is 0 Å². The predicted octanol–water partition coefficient (Wildman–Crippen LogP) is 6.52. The molecule has 0 unspecified atom stereocenters. The van der Waals surface area contributed by atoms with Gasteiger partial charge in [0.15, 0.2) is 16.7 Å². The first kappa shape index (κ1) is 22.5. The van der Waals surface area contributed by atoms with E-state index in [4.69, 9.17) is 22.1 Å². The van der Waals surface area contributed by atoms with Crippen LogP contribution >= 0.6 is 22.9 Å². The summed E-state index contributed by atoms with van der Waals surface area (Å²) in [6, 6.07) is 16.2.